The largest absolute Gasteiger partial charge is 0.480 e. The molecule has 0 fully saturated rings. The number of ether oxygens (including phenoxy) is 1. The van der Waals surface area contributed by atoms with Crippen LogP contribution in [0.2, 0.25) is 0 Å². The molecule has 0 aliphatic carbocycles. The number of carbonyl (C=O) groups is 1. The second-order valence-corrected chi connectivity index (χ2v) is 6.36. The fraction of sp³-hybridized carbons (Fsp3) is 0.409. The number of hydrogen-bond acceptors (Lipinski definition) is 2. The Morgan fingerprint density at radius 1 is 1.00 bits per heavy atom. The minimum Gasteiger partial charge on any atom is -0.480 e. The summed E-state index contributed by atoms with van der Waals surface area (Å²) in [5, 5.41) is 3.12. The average Bonchev–Trinajstić information content (AvgIpc) is 2.62. The molecule has 1 amide bonds. The monoisotopic (exact) mass is 339 g/mol. The SMILES string of the molecule is CCc1cccc(CC)c1NC(=O)[C@@H](CC)Oc1cccc(C)c1C. The molecule has 1 N–H and O–H groups in total. The van der Waals surface area contributed by atoms with Gasteiger partial charge in [-0.05, 0) is 61.4 Å². The van der Waals surface area contributed by atoms with Crippen LogP contribution >= 0.6 is 0 Å². The molecule has 2 rings (SSSR count). The van der Waals surface area contributed by atoms with Crippen LogP contribution < -0.4 is 10.1 Å². The van der Waals surface area contributed by atoms with Gasteiger partial charge >= 0.3 is 0 Å². The van der Waals surface area contributed by atoms with Gasteiger partial charge in [-0.2, -0.15) is 0 Å². The number of rotatable bonds is 7. The average molecular weight is 339 g/mol. The molecule has 2 aromatic carbocycles. The molecule has 2 aromatic rings. The predicted octanol–water partition coefficient (Wildman–Crippen LogP) is 5.22. The summed E-state index contributed by atoms with van der Waals surface area (Å²) >= 11 is 0. The Balaban J connectivity index is 2.22. The van der Waals surface area contributed by atoms with Crippen LogP contribution in [-0.2, 0) is 17.6 Å². The predicted molar refractivity (Wildman–Crippen MR) is 104 cm³/mol. The molecule has 0 aliphatic heterocycles. The first-order valence-electron chi connectivity index (χ1n) is 9.16. The molecule has 3 nitrogen and oxygen atoms in total. The van der Waals surface area contributed by atoms with E-state index in [1.807, 2.05) is 39.0 Å². The van der Waals surface area contributed by atoms with Crippen molar-refractivity contribution in [1.29, 1.82) is 0 Å². The van der Waals surface area contributed by atoms with E-state index < -0.39 is 6.10 Å². The fourth-order valence-corrected chi connectivity index (χ4v) is 2.93. The Morgan fingerprint density at radius 3 is 2.16 bits per heavy atom. The zero-order valence-corrected chi connectivity index (χ0v) is 16.0. The van der Waals surface area contributed by atoms with Gasteiger partial charge in [0, 0.05) is 5.69 Å². The minimum absolute atomic E-state index is 0.0843. The molecule has 0 aliphatic rings. The summed E-state index contributed by atoms with van der Waals surface area (Å²) in [7, 11) is 0. The molecule has 25 heavy (non-hydrogen) atoms. The van der Waals surface area contributed by atoms with E-state index in [1.165, 1.54) is 0 Å². The number of carbonyl (C=O) groups excluding carboxylic acids is 1. The Morgan fingerprint density at radius 2 is 1.60 bits per heavy atom. The number of aryl methyl sites for hydroxylation is 3. The molecule has 0 radical (unpaired) electrons. The van der Waals surface area contributed by atoms with Crippen LogP contribution in [0.15, 0.2) is 36.4 Å². The summed E-state index contributed by atoms with van der Waals surface area (Å²) in [6, 6.07) is 12.1. The molecule has 134 valence electrons. The van der Waals surface area contributed by atoms with Crippen LogP contribution in [0.5, 0.6) is 5.75 Å². The van der Waals surface area contributed by atoms with Crippen LogP contribution in [0.1, 0.15) is 49.4 Å². The number of anilines is 1. The first-order chi connectivity index (χ1) is 12.0. The Kier molecular flexibility index (Phi) is 6.63. The Labute approximate surface area is 151 Å². The van der Waals surface area contributed by atoms with Crippen molar-refractivity contribution in [2.75, 3.05) is 5.32 Å². The number of benzene rings is 2. The van der Waals surface area contributed by atoms with E-state index in [-0.39, 0.29) is 5.91 Å². The summed E-state index contributed by atoms with van der Waals surface area (Å²) in [4.78, 5) is 12.8. The topological polar surface area (TPSA) is 38.3 Å². The molecule has 0 bridgehead atoms. The van der Waals surface area contributed by atoms with Crippen LogP contribution in [0.25, 0.3) is 0 Å². The lowest BCUT2D eigenvalue weighted by molar-refractivity contribution is -0.122. The Hall–Kier alpha value is -2.29. The molecule has 0 saturated carbocycles. The maximum atomic E-state index is 12.8. The number of para-hydroxylation sites is 1. The highest BCUT2D eigenvalue weighted by Gasteiger charge is 2.21. The van der Waals surface area contributed by atoms with E-state index in [0.29, 0.717) is 6.42 Å². The molecule has 0 unspecified atom stereocenters. The van der Waals surface area contributed by atoms with Crippen molar-refractivity contribution < 1.29 is 9.53 Å². The minimum atomic E-state index is -0.505. The van der Waals surface area contributed by atoms with Gasteiger partial charge < -0.3 is 10.1 Å². The third-order valence-electron chi connectivity index (χ3n) is 4.73. The smallest absolute Gasteiger partial charge is 0.265 e. The lowest BCUT2D eigenvalue weighted by Gasteiger charge is -2.21. The van der Waals surface area contributed by atoms with Crippen molar-refractivity contribution in [3.63, 3.8) is 0 Å². The lowest BCUT2D eigenvalue weighted by Crippen LogP contribution is -2.33. The molecule has 3 heteroatoms. The second-order valence-electron chi connectivity index (χ2n) is 6.36. The summed E-state index contributed by atoms with van der Waals surface area (Å²) in [6.45, 7) is 10.3. The van der Waals surface area contributed by atoms with Crippen molar-refractivity contribution in [1.82, 2.24) is 0 Å². The maximum Gasteiger partial charge on any atom is 0.265 e. The number of nitrogens with one attached hydrogen (secondary N) is 1. The third-order valence-corrected chi connectivity index (χ3v) is 4.73. The zero-order chi connectivity index (χ0) is 18.4. The lowest BCUT2D eigenvalue weighted by atomic mass is 10.0. The molecule has 0 aromatic heterocycles. The molecule has 0 heterocycles. The van der Waals surface area contributed by atoms with Crippen molar-refractivity contribution >= 4 is 11.6 Å². The highest BCUT2D eigenvalue weighted by Crippen LogP contribution is 2.25. The van der Waals surface area contributed by atoms with Gasteiger partial charge in [-0.3, -0.25) is 4.79 Å². The van der Waals surface area contributed by atoms with E-state index in [1.54, 1.807) is 0 Å². The molecule has 1 atom stereocenters. The van der Waals surface area contributed by atoms with E-state index in [2.05, 4.69) is 37.4 Å². The van der Waals surface area contributed by atoms with Gasteiger partial charge in [-0.15, -0.1) is 0 Å². The molecule has 0 spiro atoms. The van der Waals surface area contributed by atoms with Crippen LogP contribution in [0.3, 0.4) is 0 Å². The summed E-state index contributed by atoms with van der Waals surface area (Å²) in [6.07, 6.45) is 1.89. The van der Waals surface area contributed by atoms with E-state index >= 15 is 0 Å². The summed E-state index contributed by atoms with van der Waals surface area (Å²) in [5.74, 6) is 0.695. The maximum absolute atomic E-state index is 12.8. The van der Waals surface area contributed by atoms with Crippen molar-refractivity contribution in [3.8, 4) is 5.75 Å². The normalized spacial score (nSPS) is 11.9. The van der Waals surface area contributed by atoms with E-state index in [0.717, 1.165) is 46.5 Å². The first kappa shape index (κ1) is 19.0. The fourth-order valence-electron chi connectivity index (χ4n) is 2.93. The summed E-state index contributed by atoms with van der Waals surface area (Å²) < 4.78 is 6.04. The van der Waals surface area contributed by atoms with Gasteiger partial charge in [0.1, 0.15) is 5.75 Å². The second kappa shape index (κ2) is 8.70. The van der Waals surface area contributed by atoms with Gasteiger partial charge in [0.05, 0.1) is 0 Å². The van der Waals surface area contributed by atoms with E-state index in [9.17, 15) is 4.79 Å². The van der Waals surface area contributed by atoms with E-state index in [4.69, 9.17) is 4.74 Å². The Bertz CT molecular complexity index is 715. The molecule has 0 saturated heterocycles. The highest BCUT2D eigenvalue weighted by molar-refractivity contribution is 5.95. The van der Waals surface area contributed by atoms with Crippen molar-refractivity contribution in [2.24, 2.45) is 0 Å². The summed E-state index contributed by atoms with van der Waals surface area (Å²) in [5.41, 5.74) is 5.51. The third kappa shape index (κ3) is 4.41. The zero-order valence-electron chi connectivity index (χ0n) is 16.0. The van der Waals surface area contributed by atoms with Gasteiger partial charge in [-0.1, -0.05) is 51.1 Å². The van der Waals surface area contributed by atoms with Crippen LogP contribution in [0, 0.1) is 13.8 Å². The number of hydrogen-bond donors (Lipinski definition) is 1. The van der Waals surface area contributed by atoms with Gasteiger partial charge in [0.2, 0.25) is 0 Å². The van der Waals surface area contributed by atoms with Gasteiger partial charge in [0.25, 0.3) is 5.91 Å². The standard InChI is InChI=1S/C22H29NO2/c1-6-17-12-10-13-18(7-2)21(17)23-22(24)19(8-3)25-20-14-9-11-15(4)16(20)5/h9-14,19H,6-8H2,1-5H3,(H,23,24)/t19-/m1/s1. The van der Waals surface area contributed by atoms with Crippen LogP contribution in [-0.4, -0.2) is 12.0 Å². The van der Waals surface area contributed by atoms with Gasteiger partial charge in [0.15, 0.2) is 6.10 Å². The van der Waals surface area contributed by atoms with Crippen molar-refractivity contribution in [2.45, 2.75) is 60.0 Å². The highest BCUT2D eigenvalue weighted by atomic mass is 16.5. The first-order valence-corrected chi connectivity index (χ1v) is 9.16. The van der Waals surface area contributed by atoms with Crippen molar-refractivity contribution in [3.05, 3.63) is 58.7 Å². The molecular weight excluding hydrogens is 310 g/mol. The quantitative estimate of drug-likeness (QED) is 0.750. The van der Waals surface area contributed by atoms with Crippen LogP contribution in [0.4, 0.5) is 5.69 Å². The molecular formula is C22H29NO2. The van der Waals surface area contributed by atoms with Gasteiger partial charge in [-0.25, -0.2) is 0 Å². The number of amides is 1.